The number of carbonyl (C=O) groups is 1. The van der Waals surface area contributed by atoms with E-state index in [0.29, 0.717) is 23.9 Å². The summed E-state index contributed by atoms with van der Waals surface area (Å²) in [5, 5.41) is 11.8. The van der Waals surface area contributed by atoms with Crippen LogP contribution in [0.2, 0.25) is 0 Å². The second-order valence-electron chi connectivity index (χ2n) is 11.7. The molecule has 4 bridgehead atoms. The maximum absolute atomic E-state index is 13.1. The Morgan fingerprint density at radius 1 is 1.11 bits per heavy atom. The maximum atomic E-state index is 13.1. The lowest BCUT2D eigenvalue weighted by atomic mass is 9.48. The number of rotatable bonds is 8. The largest absolute Gasteiger partial charge is 0.411 e. The van der Waals surface area contributed by atoms with Crippen LogP contribution < -0.4 is 5.32 Å². The molecule has 2 heterocycles. The van der Waals surface area contributed by atoms with Crippen LogP contribution in [0.3, 0.4) is 0 Å². The van der Waals surface area contributed by atoms with Crippen molar-refractivity contribution < 1.29 is 17.6 Å². The van der Waals surface area contributed by atoms with Crippen LogP contribution in [0.5, 0.6) is 0 Å². The quantitative estimate of drug-likeness (QED) is 0.479. The van der Waals surface area contributed by atoms with Gasteiger partial charge in [0.05, 0.1) is 10.6 Å². The number of benzene rings is 1. The summed E-state index contributed by atoms with van der Waals surface area (Å²) in [5.41, 5.74) is 0.823. The van der Waals surface area contributed by atoms with Crippen LogP contribution in [-0.2, 0) is 14.8 Å². The number of amides is 1. The van der Waals surface area contributed by atoms with Crippen molar-refractivity contribution in [3.63, 3.8) is 0 Å². The molecule has 200 valence electrons. The van der Waals surface area contributed by atoms with Crippen molar-refractivity contribution in [2.45, 2.75) is 80.9 Å². The number of thioether (sulfide) groups is 1. The third-order valence-electron chi connectivity index (χ3n) is 9.15. The van der Waals surface area contributed by atoms with E-state index < -0.39 is 10.0 Å². The fourth-order valence-electron chi connectivity index (χ4n) is 7.70. The van der Waals surface area contributed by atoms with Crippen molar-refractivity contribution in [1.82, 2.24) is 19.8 Å². The predicted octanol–water partition coefficient (Wildman–Crippen LogP) is 4.72. The van der Waals surface area contributed by atoms with Gasteiger partial charge in [-0.15, -0.1) is 10.2 Å². The predicted molar refractivity (Wildman–Crippen MR) is 141 cm³/mol. The summed E-state index contributed by atoms with van der Waals surface area (Å²) in [5.74, 6) is 3.00. The monoisotopic (exact) mass is 544 g/mol. The number of nitrogens with zero attached hydrogens (tertiary/aromatic N) is 3. The molecule has 1 aromatic heterocycles. The Hall–Kier alpha value is -1.91. The first kappa shape index (κ1) is 25.4. The van der Waals surface area contributed by atoms with E-state index in [1.165, 1.54) is 50.3 Å². The zero-order valence-corrected chi connectivity index (χ0v) is 23.0. The lowest BCUT2D eigenvalue weighted by molar-refractivity contribution is -0.123. The minimum atomic E-state index is -3.55. The molecule has 7 rings (SSSR count). The molecular formula is C27H36N4O4S2. The van der Waals surface area contributed by atoms with Crippen molar-refractivity contribution in [3.05, 3.63) is 24.3 Å². The number of hydrogen-bond donors (Lipinski definition) is 1. The van der Waals surface area contributed by atoms with Crippen molar-refractivity contribution in [3.8, 4) is 11.5 Å². The fourth-order valence-corrected chi connectivity index (χ4v) is 9.84. The summed E-state index contributed by atoms with van der Waals surface area (Å²) in [6.07, 6.45) is 10.8. The molecule has 1 amide bonds. The highest BCUT2D eigenvalue weighted by Crippen LogP contribution is 2.61. The average Bonchev–Trinajstić information content (AvgIpc) is 3.36. The van der Waals surface area contributed by atoms with Gasteiger partial charge in [0.1, 0.15) is 0 Å². The number of sulfonamides is 1. The van der Waals surface area contributed by atoms with E-state index >= 15 is 0 Å². The van der Waals surface area contributed by atoms with E-state index in [-0.39, 0.29) is 33.9 Å². The van der Waals surface area contributed by atoms with Gasteiger partial charge in [0.25, 0.3) is 5.22 Å². The van der Waals surface area contributed by atoms with Gasteiger partial charge in [0.15, 0.2) is 0 Å². The second-order valence-corrected chi connectivity index (χ2v) is 14.6. The van der Waals surface area contributed by atoms with Crippen LogP contribution in [0, 0.1) is 23.2 Å². The summed E-state index contributed by atoms with van der Waals surface area (Å²) in [6.45, 7) is 3.29. The van der Waals surface area contributed by atoms with Crippen molar-refractivity contribution in [1.29, 1.82) is 0 Å². The van der Waals surface area contributed by atoms with Gasteiger partial charge in [-0.2, -0.15) is 4.31 Å². The first-order valence-corrected chi connectivity index (χ1v) is 16.1. The number of hydrogen-bond acceptors (Lipinski definition) is 7. The van der Waals surface area contributed by atoms with Crippen LogP contribution in [0.4, 0.5) is 0 Å². The summed E-state index contributed by atoms with van der Waals surface area (Å²) >= 11 is 1.22. The van der Waals surface area contributed by atoms with Gasteiger partial charge in [0, 0.05) is 24.7 Å². The molecule has 10 heteroatoms. The Morgan fingerprint density at radius 3 is 2.46 bits per heavy atom. The first-order valence-electron chi connectivity index (χ1n) is 13.7. The summed E-state index contributed by atoms with van der Waals surface area (Å²) in [6, 6.07) is 6.83. The summed E-state index contributed by atoms with van der Waals surface area (Å²) in [7, 11) is -3.55. The van der Waals surface area contributed by atoms with Crippen molar-refractivity contribution >= 4 is 27.7 Å². The van der Waals surface area contributed by atoms with Gasteiger partial charge in [-0.3, -0.25) is 4.79 Å². The Kier molecular flexibility index (Phi) is 6.86. The molecule has 37 heavy (non-hydrogen) atoms. The molecule has 2 aromatic rings. The molecule has 1 saturated heterocycles. The molecule has 8 nitrogen and oxygen atoms in total. The standard InChI is InChI=1S/C27H36N4O4S2/c1-18(27-14-19-10-20(15-27)12-21(11-19)16-27)28-24(32)17-36-26-30-29-25(35-26)22-6-5-7-23(13-22)37(33,34)31-8-3-2-4-9-31/h5-7,13,18-21H,2-4,8-12,14-17H2,1H3,(H,28,32)/t18-,19?,20?,21?,27?/m1/s1. The van der Waals surface area contributed by atoms with Crippen LogP contribution >= 0.6 is 11.8 Å². The second kappa shape index (κ2) is 10.0. The Morgan fingerprint density at radius 2 is 1.78 bits per heavy atom. The fraction of sp³-hybridized carbons (Fsp3) is 0.667. The number of aromatic nitrogens is 2. The number of piperidine rings is 1. The van der Waals surface area contributed by atoms with Gasteiger partial charge in [-0.05, 0) is 99.7 Å². The topological polar surface area (TPSA) is 105 Å². The SMILES string of the molecule is C[C@@H](NC(=O)CSc1nnc(-c2cccc(S(=O)(=O)N3CCCCC3)c2)o1)C12CC3CC(CC(C3)C1)C2. The number of nitrogens with one attached hydrogen (secondary N) is 1. The molecular weight excluding hydrogens is 508 g/mol. The van der Waals surface area contributed by atoms with E-state index in [1.54, 1.807) is 28.6 Å². The van der Waals surface area contributed by atoms with Crippen molar-refractivity contribution in [2.24, 2.45) is 23.2 Å². The van der Waals surface area contributed by atoms with Gasteiger partial charge in [0.2, 0.25) is 21.8 Å². The van der Waals surface area contributed by atoms with Gasteiger partial charge < -0.3 is 9.73 Å². The van der Waals surface area contributed by atoms with Gasteiger partial charge >= 0.3 is 0 Å². The van der Waals surface area contributed by atoms with Crippen LogP contribution in [-0.4, -0.2) is 53.7 Å². The molecule has 0 unspecified atom stereocenters. The zero-order chi connectivity index (χ0) is 25.6. The van der Waals surface area contributed by atoms with E-state index in [0.717, 1.165) is 37.0 Å². The Bertz CT molecular complexity index is 1220. The zero-order valence-electron chi connectivity index (χ0n) is 21.4. The van der Waals surface area contributed by atoms with Crippen molar-refractivity contribution in [2.75, 3.05) is 18.8 Å². The highest BCUT2D eigenvalue weighted by atomic mass is 32.2. The lowest BCUT2D eigenvalue weighted by Crippen LogP contribution is -2.56. The summed E-state index contributed by atoms with van der Waals surface area (Å²) < 4.78 is 33.4. The molecule has 1 aromatic carbocycles. The lowest BCUT2D eigenvalue weighted by Gasteiger charge is -2.59. The molecule has 4 saturated carbocycles. The molecule has 0 spiro atoms. The van der Waals surface area contributed by atoms with E-state index in [1.807, 2.05) is 0 Å². The van der Waals surface area contributed by atoms with E-state index in [2.05, 4.69) is 22.4 Å². The van der Waals surface area contributed by atoms with Crippen LogP contribution in [0.25, 0.3) is 11.5 Å². The van der Waals surface area contributed by atoms with E-state index in [9.17, 15) is 13.2 Å². The molecule has 1 aliphatic heterocycles. The molecule has 1 atom stereocenters. The molecule has 5 aliphatic rings. The minimum Gasteiger partial charge on any atom is -0.411 e. The Labute approximate surface area is 223 Å². The third-order valence-corrected chi connectivity index (χ3v) is 11.9. The maximum Gasteiger partial charge on any atom is 0.277 e. The highest BCUT2D eigenvalue weighted by molar-refractivity contribution is 7.99. The summed E-state index contributed by atoms with van der Waals surface area (Å²) in [4.78, 5) is 13.0. The molecule has 5 fully saturated rings. The van der Waals surface area contributed by atoms with Crippen LogP contribution in [0.15, 0.2) is 38.8 Å². The molecule has 1 N–H and O–H groups in total. The van der Waals surface area contributed by atoms with Crippen LogP contribution in [0.1, 0.15) is 64.7 Å². The highest BCUT2D eigenvalue weighted by Gasteiger charge is 2.53. The average molecular weight is 545 g/mol. The van der Waals surface area contributed by atoms with Gasteiger partial charge in [-0.25, -0.2) is 8.42 Å². The van der Waals surface area contributed by atoms with Gasteiger partial charge in [-0.1, -0.05) is 24.2 Å². The molecule has 0 radical (unpaired) electrons. The normalized spacial score (nSPS) is 30.4. The smallest absolute Gasteiger partial charge is 0.277 e. The van der Waals surface area contributed by atoms with E-state index in [4.69, 9.17) is 4.42 Å². The molecule has 4 aliphatic carbocycles. The minimum absolute atomic E-state index is 0.0115. The third kappa shape index (κ3) is 5.08. The Balaban J connectivity index is 1.06. The number of carbonyl (C=O) groups excluding carboxylic acids is 1. The first-order chi connectivity index (χ1) is 17.8.